The first-order valence-corrected chi connectivity index (χ1v) is 7.19. The molecule has 3 N–H and O–H groups in total. The molecule has 1 heterocycles. The Kier molecular flexibility index (Phi) is 4.60. The molecule has 0 aliphatic heterocycles. The van der Waals surface area contributed by atoms with Crippen LogP contribution in [-0.4, -0.2) is 10.3 Å². The molecule has 94 valence electrons. The second-order valence-corrected chi connectivity index (χ2v) is 5.78. The lowest BCUT2D eigenvalue weighted by Gasteiger charge is -1.99. The summed E-state index contributed by atoms with van der Waals surface area (Å²) in [6.45, 7) is 0. The number of thioether (sulfide) groups is 1. The number of benzene rings is 1. The maximum atomic E-state index is 11.3. The zero-order valence-corrected chi connectivity index (χ0v) is 11.6. The monoisotopic (exact) mass is 299 g/mol. The molecule has 2 aromatic rings. The quantitative estimate of drug-likeness (QED) is 0.394. The van der Waals surface area contributed by atoms with Crippen molar-refractivity contribution in [1.82, 2.24) is 9.80 Å². The standard InChI is InChI=1S/C11H10ClN3OS2/c12-8-9(10(16)14-13)15-18-11(8)17-6-7-4-2-1-3-5-7/h1-5H,6,13H2,(H,14,16). The van der Waals surface area contributed by atoms with Crippen molar-refractivity contribution >= 4 is 40.8 Å². The molecule has 0 saturated heterocycles. The number of amides is 1. The Morgan fingerprint density at radius 2 is 2.17 bits per heavy atom. The minimum absolute atomic E-state index is 0.180. The van der Waals surface area contributed by atoms with Gasteiger partial charge in [0.2, 0.25) is 0 Å². The highest BCUT2D eigenvalue weighted by Gasteiger charge is 2.17. The molecule has 1 aromatic heterocycles. The third-order valence-electron chi connectivity index (χ3n) is 2.17. The lowest BCUT2D eigenvalue weighted by molar-refractivity contribution is 0.0950. The predicted molar refractivity (Wildman–Crippen MR) is 74.8 cm³/mol. The van der Waals surface area contributed by atoms with Crippen LogP contribution in [0.4, 0.5) is 0 Å². The van der Waals surface area contributed by atoms with Gasteiger partial charge in [0, 0.05) is 5.75 Å². The van der Waals surface area contributed by atoms with Crippen molar-refractivity contribution in [2.24, 2.45) is 5.84 Å². The fraction of sp³-hybridized carbons (Fsp3) is 0.0909. The van der Waals surface area contributed by atoms with Crippen LogP contribution in [0.2, 0.25) is 5.02 Å². The number of rotatable bonds is 4. The van der Waals surface area contributed by atoms with Crippen LogP contribution in [-0.2, 0) is 5.75 Å². The van der Waals surface area contributed by atoms with Crippen LogP contribution in [0.3, 0.4) is 0 Å². The maximum absolute atomic E-state index is 11.3. The molecular weight excluding hydrogens is 290 g/mol. The zero-order valence-electron chi connectivity index (χ0n) is 9.22. The van der Waals surface area contributed by atoms with Crippen LogP contribution in [0, 0.1) is 0 Å². The summed E-state index contributed by atoms with van der Waals surface area (Å²) in [5.41, 5.74) is 3.39. The van der Waals surface area contributed by atoms with Gasteiger partial charge in [0.15, 0.2) is 5.69 Å². The van der Waals surface area contributed by atoms with Gasteiger partial charge in [0.1, 0.15) is 4.21 Å². The average Bonchev–Trinajstić information content (AvgIpc) is 2.78. The van der Waals surface area contributed by atoms with Crippen molar-refractivity contribution in [3.8, 4) is 0 Å². The average molecular weight is 300 g/mol. The van der Waals surface area contributed by atoms with Gasteiger partial charge in [-0.3, -0.25) is 10.2 Å². The largest absolute Gasteiger partial charge is 0.289 e. The number of nitrogens with zero attached hydrogens (tertiary/aromatic N) is 1. The number of nitrogens with two attached hydrogens (primary N) is 1. The molecule has 4 nitrogen and oxygen atoms in total. The fourth-order valence-corrected chi connectivity index (χ4v) is 3.47. The molecule has 0 radical (unpaired) electrons. The second-order valence-electron chi connectivity index (χ2n) is 3.38. The summed E-state index contributed by atoms with van der Waals surface area (Å²) in [5.74, 6) is 5.36. The van der Waals surface area contributed by atoms with E-state index in [0.717, 1.165) is 9.96 Å². The molecule has 7 heteroatoms. The van der Waals surface area contributed by atoms with Crippen molar-refractivity contribution in [2.45, 2.75) is 9.96 Å². The lowest BCUT2D eigenvalue weighted by atomic mass is 10.2. The van der Waals surface area contributed by atoms with Gasteiger partial charge >= 0.3 is 0 Å². The lowest BCUT2D eigenvalue weighted by Crippen LogP contribution is -2.30. The maximum Gasteiger partial charge on any atom is 0.286 e. The Bertz CT molecular complexity index is 544. The molecule has 0 bridgehead atoms. The first kappa shape index (κ1) is 13.4. The van der Waals surface area contributed by atoms with Gasteiger partial charge in [0.25, 0.3) is 5.91 Å². The van der Waals surface area contributed by atoms with Gasteiger partial charge in [-0.25, -0.2) is 5.84 Å². The van der Waals surface area contributed by atoms with Crippen molar-refractivity contribution in [1.29, 1.82) is 0 Å². The summed E-state index contributed by atoms with van der Waals surface area (Å²) < 4.78 is 4.81. The minimum atomic E-state index is -0.470. The fourth-order valence-electron chi connectivity index (χ4n) is 1.29. The molecule has 1 aromatic carbocycles. The molecule has 0 aliphatic rings. The van der Waals surface area contributed by atoms with Crippen LogP contribution in [0.5, 0.6) is 0 Å². The molecule has 18 heavy (non-hydrogen) atoms. The first-order chi connectivity index (χ1) is 8.72. The first-order valence-electron chi connectivity index (χ1n) is 5.05. The van der Waals surface area contributed by atoms with Crippen molar-refractivity contribution in [2.75, 3.05) is 0 Å². The van der Waals surface area contributed by atoms with Crippen molar-refractivity contribution in [3.63, 3.8) is 0 Å². The van der Waals surface area contributed by atoms with Gasteiger partial charge in [-0.1, -0.05) is 41.9 Å². The topological polar surface area (TPSA) is 68.0 Å². The molecular formula is C11H10ClN3OS2. The van der Waals surface area contributed by atoms with Crippen LogP contribution in [0.15, 0.2) is 34.5 Å². The van der Waals surface area contributed by atoms with Gasteiger partial charge in [0.05, 0.1) is 5.02 Å². The van der Waals surface area contributed by atoms with E-state index in [1.165, 1.54) is 17.1 Å². The molecule has 0 unspecified atom stereocenters. The minimum Gasteiger partial charge on any atom is -0.289 e. The number of hydrogen-bond acceptors (Lipinski definition) is 5. The Morgan fingerprint density at radius 1 is 1.44 bits per heavy atom. The number of halogens is 1. The molecule has 0 spiro atoms. The van der Waals surface area contributed by atoms with Crippen LogP contribution >= 0.6 is 34.9 Å². The van der Waals surface area contributed by atoms with E-state index in [1.54, 1.807) is 11.8 Å². The Balaban J connectivity index is 2.07. The summed E-state index contributed by atoms with van der Waals surface area (Å²) >= 11 is 8.83. The third kappa shape index (κ3) is 3.02. The molecule has 0 atom stereocenters. The van der Waals surface area contributed by atoms with Gasteiger partial charge in [-0.15, -0.1) is 11.8 Å². The summed E-state index contributed by atoms with van der Waals surface area (Å²) in [6.07, 6.45) is 0. The number of carbonyl (C=O) groups excluding carboxylic acids is 1. The van der Waals surface area contributed by atoms with Crippen molar-refractivity contribution < 1.29 is 4.79 Å². The summed E-state index contributed by atoms with van der Waals surface area (Å²) in [5, 5.41) is 0.365. The van der Waals surface area contributed by atoms with E-state index in [4.69, 9.17) is 17.4 Å². The molecule has 0 aliphatic carbocycles. The highest BCUT2D eigenvalue weighted by molar-refractivity contribution is 8.00. The Labute approximate surface area is 118 Å². The Hall–Kier alpha value is -1.08. The van der Waals surface area contributed by atoms with E-state index in [0.29, 0.717) is 5.02 Å². The molecule has 1 amide bonds. The van der Waals surface area contributed by atoms with E-state index < -0.39 is 5.91 Å². The SMILES string of the molecule is NNC(=O)c1nsc(SCc2ccccc2)c1Cl. The summed E-state index contributed by atoms with van der Waals surface area (Å²) in [6, 6.07) is 10.0. The Morgan fingerprint density at radius 3 is 2.83 bits per heavy atom. The predicted octanol–water partition coefficient (Wildman–Crippen LogP) is 2.69. The normalized spacial score (nSPS) is 10.3. The number of nitrogens with one attached hydrogen (secondary N) is 1. The van der Waals surface area contributed by atoms with Crippen LogP contribution < -0.4 is 11.3 Å². The van der Waals surface area contributed by atoms with E-state index in [2.05, 4.69) is 4.37 Å². The van der Waals surface area contributed by atoms with Gasteiger partial charge in [-0.2, -0.15) is 4.37 Å². The molecule has 0 saturated carbocycles. The van der Waals surface area contributed by atoms with E-state index >= 15 is 0 Å². The summed E-state index contributed by atoms with van der Waals surface area (Å²) in [7, 11) is 0. The number of aromatic nitrogens is 1. The van der Waals surface area contributed by atoms with E-state index in [9.17, 15) is 4.79 Å². The number of carbonyl (C=O) groups is 1. The molecule has 0 fully saturated rings. The number of hydrogen-bond donors (Lipinski definition) is 2. The molecule has 2 rings (SSSR count). The number of hydrazine groups is 1. The van der Waals surface area contributed by atoms with Crippen LogP contribution in [0.1, 0.15) is 16.1 Å². The highest BCUT2D eigenvalue weighted by atomic mass is 35.5. The second kappa shape index (κ2) is 6.19. The van der Waals surface area contributed by atoms with E-state index in [-0.39, 0.29) is 5.69 Å². The zero-order chi connectivity index (χ0) is 13.0. The van der Waals surface area contributed by atoms with E-state index in [1.807, 2.05) is 35.8 Å². The third-order valence-corrected chi connectivity index (χ3v) is 4.92. The number of nitrogen functional groups attached to an aromatic ring is 1. The van der Waals surface area contributed by atoms with Gasteiger partial charge < -0.3 is 0 Å². The smallest absolute Gasteiger partial charge is 0.286 e. The van der Waals surface area contributed by atoms with Crippen molar-refractivity contribution in [3.05, 3.63) is 46.6 Å². The summed E-state index contributed by atoms with van der Waals surface area (Å²) in [4.78, 5) is 11.3. The highest BCUT2D eigenvalue weighted by Crippen LogP contribution is 2.35. The van der Waals surface area contributed by atoms with Crippen LogP contribution in [0.25, 0.3) is 0 Å². The van der Waals surface area contributed by atoms with Gasteiger partial charge in [-0.05, 0) is 17.1 Å².